The van der Waals surface area contributed by atoms with Gasteiger partial charge in [-0.3, -0.25) is 4.79 Å². The number of nitrogens with zero attached hydrogens (tertiary/aromatic N) is 2. The fraction of sp³-hybridized carbons (Fsp3) is 0.583. The minimum absolute atomic E-state index is 0.217. The molecule has 94 valence electrons. The fourth-order valence-corrected chi connectivity index (χ4v) is 1.55. The van der Waals surface area contributed by atoms with Crippen molar-refractivity contribution >= 4 is 11.8 Å². The van der Waals surface area contributed by atoms with Crippen LogP contribution in [0.5, 0.6) is 0 Å². The molecule has 1 atom stereocenters. The minimum Gasteiger partial charge on any atom is -0.481 e. The van der Waals surface area contributed by atoms with Gasteiger partial charge in [0.1, 0.15) is 12.1 Å². The summed E-state index contributed by atoms with van der Waals surface area (Å²) in [5.74, 6) is 0.0622. The van der Waals surface area contributed by atoms with Gasteiger partial charge < -0.3 is 10.4 Å². The third kappa shape index (κ3) is 5.29. The van der Waals surface area contributed by atoms with Crippen LogP contribution in [0.2, 0.25) is 0 Å². The number of aromatic nitrogens is 2. The number of aliphatic carboxylic acids is 1. The Morgan fingerprint density at radius 3 is 2.94 bits per heavy atom. The average Bonchev–Trinajstić information content (AvgIpc) is 2.28. The van der Waals surface area contributed by atoms with Crippen molar-refractivity contribution in [2.45, 2.75) is 45.6 Å². The lowest BCUT2D eigenvalue weighted by Crippen LogP contribution is -2.16. The summed E-state index contributed by atoms with van der Waals surface area (Å²) < 4.78 is 0. The third-order valence-electron chi connectivity index (χ3n) is 2.51. The Bertz CT molecular complexity index is 369. The van der Waals surface area contributed by atoms with Gasteiger partial charge in [-0.2, -0.15) is 0 Å². The molecule has 1 aromatic heterocycles. The van der Waals surface area contributed by atoms with Crippen molar-refractivity contribution in [1.82, 2.24) is 9.97 Å². The maximum atomic E-state index is 10.4. The topological polar surface area (TPSA) is 75.1 Å². The molecule has 0 aliphatic rings. The molecule has 2 N–H and O–H groups in total. The number of anilines is 1. The first-order valence-corrected chi connectivity index (χ1v) is 5.91. The lowest BCUT2D eigenvalue weighted by atomic mass is 10.1. The van der Waals surface area contributed by atoms with Crippen molar-refractivity contribution in [3.05, 3.63) is 18.1 Å². The molecule has 5 heteroatoms. The van der Waals surface area contributed by atoms with E-state index >= 15 is 0 Å². The van der Waals surface area contributed by atoms with Crippen LogP contribution in [-0.2, 0) is 11.2 Å². The number of carboxylic acid groups (broad SMARTS) is 1. The molecule has 0 saturated heterocycles. The highest BCUT2D eigenvalue weighted by molar-refractivity contribution is 5.66. The summed E-state index contributed by atoms with van der Waals surface area (Å²) in [6.07, 6.45) is 4.14. The number of hydrogen-bond donors (Lipinski definition) is 2. The zero-order valence-corrected chi connectivity index (χ0v) is 10.3. The molecule has 0 spiro atoms. The molecule has 1 rings (SSSR count). The van der Waals surface area contributed by atoms with E-state index in [2.05, 4.69) is 15.3 Å². The molecule has 1 heterocycles. The first-order chi connectivity index (χ1) is 8.11. The van der Waals surface area contributed by atoms with E-state index < -0.39 is 5.97 Å². The molecule has 0 bridgehead atoms. The van der Waals surface area contributed by atoms with Crippen LogP contribution in [0.15, 0.2) is 12.4 Å². The van der Waals surface area contributed by atoms with Gasteiger partial charge in [0, 0.05) is 24.2 Å². The molecule has 1 unspecified atom stereocenters. The molecule has 0 aromatic carbocycles. The molecule has 0 fully saturated rings. The van der Waals surface area contributed by atoms with Gasteiger partial charge in [0.15, 0.2) is 0 Å². The number of carbonyl (C=O) groups is 1. The second-order valence-corrected chi connectivity index (χ2v) is 4.08. The van der Waals surface area contributed by atoms with Crippen LogP contribution in [0.1, 0.15) is 38.8 Å². The first-order valence-electron chi connectivity index (χ1n) is 5.91. The van der Waals surface area contributed by atoms with Gasteiger partial charge in [-0.05, 0) is 26.2 Å². The molecule has 1 aromatic rings. The van der Waals surface area contributed by atoms with E-state index in [0.29, 0.717) is 6.42 Å². The number of aryl methyl sites for hydroxylation is 1. The minimum atomic E-state index is -0.743. The Hall–Kier alpha value is -1.65. The van der Waals surface area contributed by atoms with Gasteiger partial charge in [0.2, 0.25) is 0 Å². The van der Waals surface area contributed by atoms with Crippen molar-refractivity contribution in [2.24, 2.45) is 0 Å². The maximum absolute atomic E-state index is 10.4. The summed E-state index contributed by atoms with van der Waals surface area (Å²) in [6.45, 7) is 4.07. The monoisotopic (exact) mass is 237 g/mol. The third-order valence-corrected chi connectivity index (χ3v) is 2.51. The average molecular weight is 237 g/mol. The van der Waals surface area contributed by atoms with Crippen molar-refractivity contribution in [1.29, 1.82) is 0 Å². The molecule has 0 aliphatic heterocycles. The van der Waals surface area contributed by atoms with Crippen molar-refractivity contribution < 1.29 is 9.90 Å². The second kappa shape index (κ2) is 6.83. The van der Waals surface area contributed by atoms with E-state index in [4.69, 9.17) is 5.11 Å². The van der Waals surface area contributed by atoms with Crippen molar-refractivity contribution in [2.75, 3.05) is 5.32 Å². The van der Waals surface area contributed by atoms with Gasteiger partial charge in [-0.1, -0.05) is 6.92 Å². The quantitative estimate of drug-likeness (QED) is 0.759. The van der Waals surface area contributed by atoms with E-state index in [1.165, 1.54) is 0 Å². The van der Waals surface area contributed by atoms with Gasteiger partial charge in [-0.25, -0.2) is 9.97 Å². The number of hydrogen-bond acceptors (Lipinski definition) is 4. The van der Waals surface area contributed by atoms with Crippen LogP contribution in [-0.4, -0.2) is 27.1 Å². The first kappa shape index (κ1) is 13.4. The SMILES string of the molecule is CCc1cc(NC(C)CCCC(=O)O)ncn1. The van der Waals surface area contributed by atoms with Gasteiger partial charge in [0.25, 0.3) is 0 Å². The van der Waals surface area contributed by atoms with Crippen LogP contribution in [0.4, 0.5) is 5.82 Å². The zero-order chi connectivity index (χ0) is 12.7. The van der Waals surface area contributed by atoms with Crippen LogP contribution >= 0.6 is 0 Å². The standard InChI is InChI=1S/C12H19N3O2/c1-3-10-7-11(14-8-13-10)15-9(2)5-4-6-12(16)17/h7-9H,3-6H2,1-2H3,(H,16,17)(H,13,14,15). The highest BCUT2D eigenvalue weighted by Gasteiger charge is 2.05. The summed E-state index contributed by atoms with van der Waals surface area (Å²) in [7, 11) is 0. The summed E-state index contributed by atoms with van der Waals surface area (Å²) in [5, 5.41) is 11.8. The van der Waals surface area contributed by atoms with Crippen LogP contribution in [0, 0.1) is 0 Å². The van der Waals surface area contributed by atoms with Crippen LogP contribution in [0.3, 0.4) is 0 Å². The zero-order valence-electron chi connectivity index (χ0n) is 10.3. The molecule has 0 saturated carbocycles. The highest BCUT2D eigenvalue weighted by Crippen LogP contribution is 2.09. The normalized spacial score (nSPS) is 12.1. The predicted molar refractivity (Wildman–Crippen MR) is 66.0 cm³/mol. The number of carboxylic acids is 1. The molecule has 0 aliphatic carbocycles. The molecular weight excluding hydrogens is 218 g/mol. The van der Waals surface area contributed by atoms with Crippen LogP contribution < -0.4 is 5.32 Å². The van der Waals surface area contributed by atoms with E-state index in [0.717, 1.165) is 24.4 Å². The van der Waals surface area contributed by atoms with Crippen molar-refractivity contribution in [3.8, 4) is 0 Å². The van der Waals surface area contributed by atoms with E-state index in [-0.39, 0.29) is 12.5 Å². The molecule has 17 heavy (non-hydrogen) atoms. The number of rotatable bonds is 7. The van der Waals surface area contributed by atoms with Gasteiger partial charge >= 0.3 is 5.97 Å². The Morgan fingerprint density at radius 1 is 1.53 bits per heavy atom. The summed E-state index contributed by atoms with van der Waals surface area (Å²) >= 11 is 0. The van der Waals surface area contributed by atoms with E-state index in [9.17, 15) is 4.79 Å². The van der Waals surface area contributed by atoms with E-state index in [1.807, 2.05) is 19.9 Å². The smallest absolute Gasteiger partial charge is 0.303 e. The molecule has 0 amide bonds. The molecule has 0 radical (unpaired) electrons. The fourth-order valence-electron chi connectivity index (χ4n) is 1.55. The van der Waals surface area contributed by atoms with Gasteiger partial charge in [-0.15, -0.1) is 0 Å². The summed E-state index contributed by atoms with van der Waals surface area (Å²) in [4.78, 5) is 18.6. The summed E-state index contributed by atoms with van der Waals surface area (Å²) in [5.41, 5.74) is 1.00. The second-order valence-electron chi connectivity index (χ2n) is 4.08. The highest BCUT2D eigenvalue weighted by atomic mass is 16.4. The lowest BCUT2D eigenvalue weighted by molar-refractivity contribution is -0.137. The lowest BCUT2D eigenvalue weighted by Gasteiger charge is -2.14. The maximum Gasteiger partial charge on any atom is 0.303 e. The Morgan fingerprint density at radius 2 is 2.29 bits per heavy atom. The molecular formula is C12H19N3O2. The van der Waals surface area contributed by atoms with E-state index in [1.54, 1.807) is 6.33 Å². The number of nitrogens with one attached hydrogen (secondary N) is 1. The molecule has 5 nitrogen and oxygen atoms in total. The van der Waals surface area contributed by atoms with Crippen LogP contribution in [0.25, 0.3) is 0 Å². The Labute approximate surface area is 101 Å². The summed E-state index contributed by atoms with van der Waals surface area (Å²) in [6, 6.07) is 2.14. The van der Waals surface area contributed by atoms with Crippen molar-refractivity contribution in [3.63, 3.8) is 0 Å². The Balaban J connectivity index is 2.38. The Kier molecular flexibility index (Phi) is 5.39. The van der Waals surface area contributed by atoms with Gasteiger partial charge in [0.05, 0.1) is 0 Å². The largest absolute Gasteiger partial charge is 0.481 e. The predicted octanol–water partition coefficient (Wildman–Crippen LogP) is 2.09.